The Balaban J connectivity index is 1.94. The van der Waals surface area contributed by atoms with Crippen LogP contribution in [0.5, 0.6) is 0 Å². The van der Waals surface area contributed by atoms with Gasteiger partial charge in [-0.05, 0) is 28.1 Å². The highest BCUT2D eigenvalue weighted by atomic mass is 79.9. The van der Waals surface area contributed by atoms with Gasteiger partial charge in [0.2, 0.25) is 10.0 Å². The fraction of sp³-hybridized carbons (Fsp3) is 0.500. The van der Waals surface area contributed by atoms with E-state index < -0.39 is 22.0 Å². The summed E-state index contributed by atoms with van der Waals surface area (Å²) in [6.45, 7) is -0.0311. The van der Waals surface area contributed by atoms with E-state index in [9.17, 15) is 17.2 Å². The largest absolute Gasteiger partial charge is 0.370 e. The molecule has 0 aromatic heterocycles. The lowest BCUT2D eigenvalue weighted by atomic mass is 10.4. The normalized spacial score (nSPS) is 21.1. The maximum absolute atomic E-state index is 12.6. The third-order valence-corrected chi connectivity index (χ3v) is 5.89. The van der Waals surface area contributed by atoms with Crippen molar-refractivity contribution >= 4 is 26.0 Å². The molecule has 1 atom stereocenters. The summed E-state index contributed by atoms with van der Waals surface area (Å²) in [6.07, 6.45) is -1.35. The monoisotopic (exact) mass is 369 g/mol. The molecule has 0 spiro atoms. The summed E-state index contributed by atoms with van der Waals surface area (Å²) in [5.74, 6) is -2.75. The minimum Gasteiger partial charge on any atom is -0.370 e. The molecule has 4 nitrogen and oxygen atoms in total. The summed E-state index contributed by atoms with van der Waals surface area (Å²) in [4.78, 5) is 0.138. The predicted octanol–water partition coefficient (Wildman–Crippen LogP) is 2.49. The van der Waals surface area contributed by atoms with Gasteiger partial charge >= 0.3 is 0 Å². The Morgan fingerprint density at radius 1 is 1.45 bits per heavy atom. The van der Waals surface area contributed by atoms with E-state index in [0.29, 0.717) is 4.47 Å². The zero-order chi connectivity index (χ0) is 15.0. The molecule has 0 N–H and O–H groups in total. The van der Waals surface area contributed by atoms with Crippen molar-refractivity contribution in [2.45, 2.75) is 23.3 Å². The summed E-state index contributed by atoms with van der Waals surface area (Å²) in [7, 11) is -2.26. The Bertz CT molecular complexity index is 594. The van der Waals surface area contributed by atoms with E-state index in [0.717, 1.165) is 4.31 Å². The van der Waals surface area contributed by atoms with E-state index >= 15 is 0 Å². The lowest BCUT2D eigenvalue weighted by Gasteiger charge is -2.18. The fourth-order valence-corrected chi connectivity index (χ4v) is 3.75. The number of hydrogen-bond acceptors (Lipinski definition) is 3. The summed E-state index contributed by atoms with van der Waals surface area (Å²) in [5.41, 5.74) is 0. The quantitative estimate of drug-likeness (QED) is 0.773. The van der Waals surface area contributed by atoms with Crippen molar-refractivity contribution in [3.63, 3.8) is 0 Å². The Morgan fingerprint density at radius 3 is 2.60 bits per heavy atom. The van der Waals surface area contributed by atoms with Gasteiger partial charge < -0.3 is 4.74 Å². The number of ether oxygens (including phenoxy) is 1. The van der Waals surface area contributed by atoms with E-state index in [4.69, 9.17) is 4.74 Å². The number of hydrogen-bond donors (Lipinski definition) is 0. The maximum atomic E-state index is 12.6. The third kappa shape index (κ3) is 3.36. The van der Waals surface area contributed by atoms with Crippen LogP contribution in [0, 0.1) is 0 Å². The third-order valence-electron chi connectivity index (χ3n) is 3.02. The average Bonchev–Trinajstić information content (AvgIpc) is 2.97. The molecule has 0 bridgehead atoms. The molecule has 112 valence electrons. The molecule has 0 amide bonds. The van der Waals surface area contributed by atoms with Gasteiger partial charge in [0.25, 0.3) is 5.92 Å². The van der Waals surface area contributed by atoms with Crippen LogP contribution in [0.2, 0.25) is 0 Å². The second-order valence-electron chi connectivity index (χ2n) is 4.58. The number of halogens is 3. The summed E-state index contributed by atoms with van der Waals surface area (Å²) < 4.78 is 56.2. The average molecular weight is 370 g/mol. The maximum Gasteiger partial charge on any atom is 0.276 e. The van der Waals surface area contributed by atoms with Gasteiger partial charge in [-0.1, -0.05) is 12.1 Å². The van der Waals surface area contributed by atoms with Crippen molar-refractivity contribution in [2.24, 2.45) is 0 Å². The minimum atomic E-state index is -3.66. The second-order valence-corrected chi connectivity index (χ2v) is 7.45. The van der Waals surface area contributed by atoms with Gasteiger partial charge in [0.05, 0.1) is 11.5 Å². The molecule has 0 aliphatic heterocycles. The number of sulfonamides is 1. The molecule has 0 heterocycles. The highest BCUT2D eigenvalue weighted by Gasteiger charge is 2.58. The standard InChI is InChI=1S/C12H14BrF2NO3S/c1-16(6-7-19-11-8-12(11,14)15)20(17,18)10-5-3-2-4-9(10)13/h2-5,11H,6-8H2,1H3. The summed E-state index contributed by atoms with van der Waals surface area (Å²) in [5, 5.41) is 0. The molecular weight excluding hydrogens is 356 g/mol. The zero-order valence-electron chi connectivity index (χ0n) is 10.7. The molecule has 1 saturated carbocycles. The smallest absolute Gasteiger partial charge is 0.276 e. The van der Waals surface area contributed by atoms with Gasteiger partial charge in [-0.3, -0.25) is 0 Å². The molecule has 1 aliphatic rings. The molecule has 8 heteroatoms. The van der Waals surface area contributed by atoms with E-state index in [2.05, 4.69) is 15.9 Å². The van der Waals surface area contributed by atoms with Gasteiger partial charge in [0.15, 0.2) is 0 Å². The van der Waals surface area contributed by atoms with E-state index in [-0.39, 0.29) is 24.5 Å². The fourth-order valence-electron chi connectivity index (χ4n) is 1.63. The Kier molecular flexibility index (Phi) is 4.48. The van der Waals surface area contributed by atoms with Crippen molar-refractivity contribution in [3.05, 3.63) is 28.7 Å². The van der Waals surface area contributed by atoms with Crippen LogP contribution in [0.1, 0.15) is 6.42 Å². The molecular formula is C12H14BrF2NO3S. The van der Waals surface area contributed by atoms with Crippen LogP contribution in [0.3, 0.4) is 0 Å². The highest BCUT2D eigenvalue weighted by molar-refractivity contribution is 9.10. The zero-order valence-corrected chi connectivity index (χ0v) is 13.1. The molecule has 1 fully saturated rings. The number of nitrogens with zero attached hydrogens (tertiary/aromatic N) is 1. The number of rotatable bonds is 6. The molecule has 2 rings (SSSR count). The highest BCUT2D eigenvalue weighted by Crippen LogP contribution is 2.44. The van der Waals surface area contributed by atoms with Crippen LogP contribution in [-0.2, 0) is 14.8 Å². The lowest BCUT2D eigenvalue weighted by Crippen LogP contribution is -2.31. The van der Waals surface area contributed by atoms with Crippen LogP contribution in [0.4, 0.5) is 8.78 Å². The molecule has 0 radical (unpaired) electrons. The first-order valence-corrected chi connectivity index (χ1v) is 8.19. The van der Waals surface area contributed by atoms with E-state index in [1.54, 1.807) is 18.2 Å². The van der Waals surface area contributed by atoms with Gasteiger partial charge in [-0.2, -0.15) is 4.31 Å². The molecule has 1 aromatic rings. The SMILES string of the molecule is CN(CCOC1CC1(F)F)S(=O)(=O)c1ccccc1Br. The lowest BCUT2D eigenvalue weighted by molar-refractivity contribution is 0.0116. The van der Waals surface area contributed by atoms with Gasteiger partial charge in [-0.15, -0.1) is 0 Å². The van der Waals surface area contributed by atoms with Crippen molar-refractivity contribution in [2.75, 3.05) is 20.2 Å². The van der Waals surface area contributed by atoms with Crippen molar-refractivity contribution < 1.29 is 21.9 Å². The van der Waals surface area contributed by atoms with Crippen LogP contribution in [0.25, 0.3) is 0 Å². The molecule has 1 aliphatic carbocycles. The Hall–Kier alpha value is -0.570. The molecule has 20 heavy (non-hydrogen) atoms. The van der Waals surface area contributed by atoms with Gasteiger partial charge in [0, 0.05) is 24.5 Å². The van der Waals surface area contributed by atoms with Gasteiger partial charge in [-0.25, -0.2) is 17.2 Å². The number of benzene rings is 1. The van der Waals surface area contributed by atoms with Crippen molar-refractivity contribution in [1.82, 2.24) is 4.31 Å². The Morgan fingerprint density at radius 2 is 2.05 bits per heavy atom. The Labute approximate surface area is 124 Å². The number of alkyl halides is 2. The van der Waals surface area contributed by atoms with Crippen LogP contribution < -0.4 is 0 Å². The summed E-state index contributed by atoms with van der Waals surface area (Å²) >= 11 is 3.18. The van der Waals surface area contributed by atoms with Gasteiger partial charge in [0.1, 0.15) is 6.10 Å². The minimum absolute atomic E-state index is 0.0241. The van der Waals surface area contributed by atoms with Crippen molar-refractivity contribution in [1.29, 1.82) is 0 Å². The van der Waals surface area contributed by atoms with Crippen LogP contribution in [-0.4, -0.2) is 44.9 Å². The predicted molar refractivity (Wildman–Crippen MR) is 73.3 cm³/mol. The summed E-state index contributed by atoms with van der Waals surface area (Å²) in [6, 6.07) is 6.43. The van der Waals surface area contributed by atoms with E-state index in [1.165, 1.54) is 13.1 Å². The van der Waals surface area contributed by atoms with Crippen LogP contribution >= 0.6 is 15.9 Å². The first kappa shape index (κ1) is 15.8. The molecule has 1 unspecified atom stereocenters. The first-order valence-electron chi connectivity index (χ1n) is 5.95. The molecule has 0 saturated heterocycles. The number of likely N-dealkylation sites (N-methyl/N-ethyl adjacent to an activating group) is 1. The second kappa shape index (κ2) is 5.67. The van der Waals surface area contributed by atoms with Crippen LogP contribution in [0.15, 0.2) is 33.6 Å². The molecule has 1 aromatic carbocycles. The van der Waals surface area contributed by atoms with Crippen molar-refractivity contribution in [3.8, 4) is 0 Å². The first-order chi connectivity index (χ1) is 9.25. The van der Waals surface area contributed by atoms with E-state index in [1.807, 2.05) is 0 Å². The topological polar surface area (TPSA) is 46.6 Å².